The topological polar surface area (TPSA) is 77.2 Å². The lowest BCUT2D eigenvalue weighted by Gasteiger charge is -2.06. The second kappa shape index (κ2) is 8.31. The van der Waals surface area contributed by atoms with Crippen molar-refractivity contribution in [1.29, 1.82) is 0 Å². The van der Waals surface area contributed by atoms with E-state index in [0.29, 0.717) is 37.1 Å². The lowest BCUT2D eigenvalue weighted by atomic mass is 10.1. The molecule has 2 aromatic rings. The molecule has 0 saturated carbocycles. The van der Waals surface area contributed by atoms with Crippen LogP contribution in [0.4, 0.5) is 0 Å². The molecule has 1 aromatic carbocycles. The van der Waals surface area contributed by atoms with E-state index in [0.717, 1.165) is 17.7 Å². The second-order valence-electron chi connectivity index (χ2n) is 5.76. The van der Waals surface area contributed by atoms with Gasteiger partial charge in [-0.25, -0.2) is 0 Å². The van der Waals surface area contributed by atoms with E-state index in [-0.39, 0.29) is 5.91 Å². The standard InChI is InChI=1S/C17H23N3O3/c1-12(2)10-11-18-15(21)8-9-16-19-20-17(23-16)13-4-6-14(22-3)7-5-13/h4-7,12H,8-11H2,1-3H3,(H,18,21). The normalized spacial score (nSPS) is 10.8. The van der Waals surface area contributed by atoms with Gasteiger partial charge in [0.2, 0.25) is 17.7 Å². The van der Waals surface area contributed by atoms with E-state index in [4.69, 9.17) is 9.15 Å². The number of methoxy groups -OCH3 is 1. The van der Waals surface area contributed by atoms with E-state index >= 15 is 0 Å². The molecule has 0 aliphatic carbocycles. The highest BCUT2D eigenvalue weighted by atomic mass is 16.5. The molecule has 0 saturated heterocycles. The van der Waals surface area contributed by atoms with Crippen molar-refractivity contribution < 1.29 is 13.9 Å². The number of nitrogens with zero attached hydrogens (tertiary/aromatic N) is 2. The van der Waals surface area contributed by atoms with Gasteiger partial charge in [-0.05, 0) is 36.6 Å². The third-order valence-corrected chi connectivity index (χ3v) is 3.41. The number of carbonyl (C=O) groups is 1. The van der Waals surface area contributed by atoms with Gasteiger partial charge in [-0.3, -0.25) is 4.79 Å². The zero-order valence-electron chi connectivity index (χ0n) is 13.8. The third kappa shape index (κ3) is 5.39. The first-order valence-electron chi connectivity index (χ1n) is 7.82. The van der Waals surface area contributed by atoms with Crippen molar-refractivity contribution >= 4 is 5.91 Å². The fourth-order valence-corrected chi connectivity index (χ4v) is 2.01. The van der Waals surface area contributed by atoms with Gasteiger partial charge >= 0.3 is 0 Å². The Balaban J connectivity index is 1.83. The van der Waals surface area contributed by atoms with Crippen molar-refractivity contribution in [3.63, 3.8) is 0 Å². The van der Waals surface area contributed by atoms with Crippen LogP contribution in [0, 0.1) is 5.92 Å². The Labute approximate surface area is 136 Å². The van der Waals surface area contributed by atoms with Crippen LogP contribution in [0.25, 0.3) is 11.5 Å². The number of nitrogens with one attached hydrogen (secondary N) is 1. The van der Waals surface area contributed by atoms with Gasteiger partial charge in [0, 0.05) is 24.9 Å². The molecule has 0 unspecified atom stereocenters. The Morgan fingerprint density at radius 3 is 2.65 bits per heavy atom. The number of amides is 1. The average molecular weight is 317 g/mol. The lowest BCUT2D eigenvalue weighted by Crippen LogP contribution is -2.25. The molecular formula is C17H23N3O3. The summed E-state index contributed by atoms with van der Waals surface area (Å²) in [5.74, 6) is 2.28. The van der Waals surface area contributed by atoms with Crippen molar-refractivity contribution in [3.8, 4) is 17.2 Å². The summed E-state index contributed by atoms with van der Waals surface area (Å²) < 4.78 is 10.7. The summed E-state index contributed by atoms with van der Waals surface area (Å²) >= 11 is 0. The Morgan fingerprint density at radius 1 is 1.26 bits per heavy atom. The van der Waals surface area contributed by atoms with Crippen molar-refractivity contribution in [1.82, 2.24) is 15.5 Å². The summed E-state index contributed by atoms with van der Waals surface area (Å²) in [7, 11) is 1.62. The molecule has 2 rings (SSSR count). The highest BCUT2D eigenvalue weighted by molar-refractivity contribution is 5.75. The van der Waals surface area contributed by atoms with Crippen LogP contribution in [-0.2, 0) is 11.2 Å². The average Bonchev–Trinajstić information content (AvgIpc) is 3.01. The minimum Gasteiger partial charge on any atom is -0.497 e. The van der Waals surface area contributed by atoms with Gasteiger partial charge in [0.15, 0.2) is 0 Å². The van der Waals surface area contributed by atoms with Gasteiger partial charge in [-0.1, -0.05) is 13.8 Å². The summed E-state index contributed by atoms with van der Waals surface area (Å²) in [6.45, 7) is 4.97. The molecule has 0 spiro atoms. The van der Waals surface area contributed by atoms with Crippen LogP contribution in [0.2, 0.25) is 0 Å². The first-order chi connectivity index (χ1) is 11.1. The highest BCUT2D eigenvalue weighted by Crippen LogP contribution is 2.21. The number of aromatic nitrogens is 2. The number of aryl methyl sites for hydroxylation is 1. The quantitative estimate of drug-likeness (QED) is 0.810. The fraction of sp³-hybridized carbons (Fsp3) is 0.471. The monoisotopic (exact) mass is 317 g/mol. The molecule has 0 radical (unpaired) electrons. The first kappa shape index (κ1) is 17.0. The predicted octanol–water partition coefficient (Wildman–Crippen LogP) is 2.84. The molecule has 23 heavy (non-hydrogen) atoms. The van der Waals surface area contributed by atoms with Gasteiger partial charge in [-0.2, -0.15) is 0 Å². The predicted molar refractivity (Wildman–Crippen MR) is 87.1 cm³/mol. The van der Waals surface area contributed by atoms with Gasteiger partial charge in [-0.15, -0.1) is 10.2 Å². The molecule has 6 heteroatoms. The van der Waals surface area contributed by atoms with E-state index in [1.807, 2.05) is 24.3 Å². The molecular weight excluding hydrogens is 294 g/mol. The molecule has 0 aliphatic rings. The van der Waals surface area contributed by atoms with E-state index in [1.165, 1.54) is 0 Å². The van der Waals surface area contributed by atoms with Crippen LogP contribution in [0.1, 0.15) is 32.6 Å². The van der Waals surface area contributed by atoms with Crippen LogP contribution in [0.3, 0.4) is 0 Å². The number of carbonyl (C=O) groups excluding carboxylic acids is 1. The lowest BCUT2D eigenvalue weighted by molar-refractivity contribution is -0.121. The number of benzene rings is 1. The molecule has 1 amide bonds. The minimum atomic E-state index is 0.00912. The van der Waals surface area contributed by atoms with E-state index < -0.39 is 0 Å². The molecule has 0 fully saturated rings. The second-order valence-corrected chi connectivity index (χ2v) is 5.76. The van der Waals surface area contributed by atoms with Crippen LogP contribution in [0.5, 0.6) is 5.75 Å². The van der Waals surface area contributed by atoms with Crippen molar-refractivity contribution in [2.24, 2.45) is 5.92 Å². The first-order valence-corrected chi connectivity index (χ1v) is 7.82. The van der Waals surface area contributed by atoms with E-state index in [9.17, 15) is 4.79 Å². The highest BCUT2D eigenvalue weighted by Gasteiger charge is 2.10. The van der Waals surface area contributed by atoms with Crippen LogP contribution in [-0.4, -0.2) is 29.8 Å². The largest absolute Gasteiger partial charge is 0.497 e. The van der Waals surface area contributed by atoms with Gasteiger partial charge in [0.05, 0.1) is 7.11 Å². The van der Waals surface area contributed by atoms with Crippen LogP contribution >= 0.6 is 0 Å². The zero-order valence-corrected chi connectivity index (χ0v) is 13.8. The van der Waals surface area contributed by atoms with Crippen molar-refractivity contribution in [2.75, 3.05) is 13.7 Å². The number of rotatable bonds is 8. The van der Waals surface area contributed by atoms with E-state index in [1.54, 1.807) is 7.11 Å². The molecule has 1 aromatic heterocycles. The zero-order chi connectivity index (χ0) is 16.7. The maximum Gasteiger partial charge on any atom is 0.247 e. The third-order valence-electron chi connectivity index (χ3n) is 3.41. The SMILES string of the molecule is COc1ccc(-c2nnc(CCC(=O)NCCC(C)C)o2)cc1. The molecule has 1 heterocycles. The Bertz CT molecular complexity index is 620. The summed E-state index contributed by atoms with van der Waals surface area (Å²) in [5, 5.41) is 10.9. The van der Waals surface area contributed by atoms with Crippen LogP contribution < -0.4 is 10.1 Å². The number of hydrogen-bond donors (Lipinski definition) is 1. The van der Waals surface area contributed by atoms with Crippen LogP contribution in [0.15, 0.2) is 28.7 Å². The van der Waals surface area contributed by atoms with Crippen molar-refractivity contribution in [2.45, 2.75) is 33.1 Å². The minimum absolute atomic E-state index is 0.00912. The molecule has 6 nitrogen and oxygen atoms in total. The van der Waals surface area contributed by atoms with Gasteiger partial charge in [0.25, 0.3) is 0 Å². The van der Waals surface area contributed by atoms with Crippen molar-refractivity contribution in [3.05, 3.63) is 30.2 Å². The smallest absolute Gasteiger partial charge is 0.247 e. The fourth-order valence-electron chi connectivity index (χ4n) is 2.01. The number of hydrogen-bond acceptors (Lipinski definition) is 5. The summed E-state index contributed by atoms with van der Waals surface area (Å²) in [6.07, 6.45) is 1.77. The summed E-state index contributed by atoms with van der Waals surface area (Å²) in [4.78, 5) is 11.7. The summed E-state index contributed by atoms with van der Waals surface area (Å²) in [5.41, 5.74) is 0.825. The molecule has 0 atom stereocenters. The molecule has 124 valence electrons. The maximum atomic E-state index is 11.7. The molecule has 0 aliphatic heterocycles. The number of ether oxygens (including phenoxy) is 1. The Morgan fingerprint density at radius 2 is 2.00 bits per heavy atom. The maximum absolute atomic E-state index is 11.7. The Kier molecular flexibility index (Phi) is 6.14. The van der Waals surface area contributed by atoms with Gasteiger partial charge in [0.1, 0.15) is 5.75 Å². The van der Waals surface area contributed by atoms with Gasteiger partial charge < -0.3 is 14.5 Å². The Hall–Kier alpha value is -2.37. The van der Waals surface area contributed by atoms with E-state index in [2.05, 4.69) is 29.4 Å². The molecule has 1 N–H and O–H groups in total. The molecule has 0 bridgehead atoms. The summed E-state index contributed by atoms with van der Waals surface area (Å²) in [6, 6.07) is 7.38.